The van der Waals surface area contributed by atoms with Gasteiger partial charge in [-0.05, 0) is 30.0 Å². The summed E-state index contributed by atoms with van der Waals surface area (Å²) in [5.41, 5.74) is 0. The van der Waals surface area contributed by atoms with E-state index in [0.29, 0.717) is 24.5 Å². The number of rotatable bonds is 4. The zero-order valence-corrected chi connectivity index (χ0v) is 15.7. The Balaban J connectivity index is 1.56. The molecule has 0 N–H and O–H groups in total. The number of hydrogen-bond donors (Lipinski definition) is 0. The van der Waals surface area contributed by atoms with Crippen LogP contribution < -0.4 is 9.47 Å². The Labute approximate surface area is 156 Å². The van der Waals surface area contributed by atoms with Crippen molar-refractivity contribution in [3.63, 3.8) is 0 Å². The zero-order valence-electron chi connectivity index (χ0n) is 14.0. The van der Waals surface area contributed by atoms with Gasteiger partial charge in [0.2, 0.25) is 6.10 Å². The summed E-state index contributed by atoms with van der Waals surface area (Å²) in [6.45, 7) is 0.508. The average Bonchev–Trinajstić information content (AvgIpc) is 3.27. The average molecular weight is 393 g/mol. The summed E-state index contributed by atoms with van der Waals surface area (Å²) in [6, 6.07) is 10.8. The lowest BCUT2D eigenvalue weighted by Gasteiger charge is -2.33. The molecule has 0 bridgehead atoms. The molecule has 0 aliphatic carbocycles. The van der Waals surface area contributed by atoms with Gasteiger partial charge in [-0.15, -0.1) is 11.3 Å². The van der Waals surface area contributed by atoms with Crippen LogP contribution in [0.25, 0.3) is 0 Å². The lowest BCUT2D eigenvalue weighted by atomic mass is 10.1. The van der Waals surface area contributed by atoms with Crippen LogP contribution in [0.2, 0.25) is 0 Å². The fourth-order valence-electron chi connectivity index (χ4n) is 3.30. The predicted octanol–water partition coefficient (Wildman–Crippen LogP) is 2.10. The van der Waals surface area contributed by atoms with Crippen LogP contribution in [0.1, 0.15) is 11.3 Å². The molecule has 4 rings (SSSR count). The molecule has 1 aromatic heterocycles. The van der Waals surface area contributed by atoms with Crippen molar-refractivity contribution in [2.24, 2.45) is 0 Å². The van der Waals surface area contributed by atoms with Gasteiger partial charge in [0.15, 0.2) is 21.3 Å². The first-order valence-electron chi connectivity index (χ1n) is 8.43. The maximum absolute atomic E-state index is 13.2. The predicted molar refractivity (Wildman–Crippen MR) is 98.3 cm³/mol. The number of hydrogen-bond acceptors (Lipinski definition) is 6. The standard InChI is InChI=1S/C18H19NO5S2/c20-18(17-11-23-15-5-1-2-6-16(15)24-17)19(10-14-4-3-8-25-14)13-7-9-26(21,22)12-13/h1-6,8,13,17H,7,9-12H2. The maximum atomic E-state index is 13.2. The van der Waals surface area contributed by atoms with Crippen molar-refractivity contribution in [1.29, 1.82) is 0 Å². The second-order valence-electron chi connectivity index (χ2n) is 6.47. The van der Waals surface area contributed by atoms with E-state index in [1.54, 1.807) is 28.4 Å². The molecule has 0 saturated carbocycles. The van der Waals surface area contributed by atoms with E-state index in [9.17, 15) is 13.2 Å². The molecule has 2 unspecified atom stereocenters. The summed E-state index contributed by atoms with van der Waals surface area (Å²) in [5.74, 6) is 1.05. The first-order valence-corrected chi connectivity index (χ1v) is 11.1. The van der Waals surface area contributed by atoms with Crippen molar-refractivity contribution in [1.82, 2.24) is 4.90 Å². The molecular formula is C18H19NO5S2. The highest BCUT2D eigenvalue weighted by atomic mass is 32.2. The number of carbonyl (C=O) groups excluding carboxylic acids is 1. The van der Waals surface area contributed by atoms with Gasteiger partial charge < -0.3 is 14.4 Å². The van der Waals surface area contributed by atoms with Crippen molar-refractivity contribution in [2.75, 3.05) is 18.1 Å². The number of nitrogens with zero attached hydrogens (tertiary/aromatic N) is 1. The molecule has 1 saturated heterocycles. The van der Waals surface area contributed by atoms with Crippen molar-refractivity contribution >= 4 is 27.1 Å². The molecule has 6 nitrogen and oxygen atoms in total. The van der Waals surface area contributed by atoms with Crippen LogP contribution in [0.5, 0.6) is 11.5 Å². The van der Waals surface area contributed by atoms with Gasteiger partial charge in [-0.1, -0.05) is 18.2 Å². The van der Waals surface area contributed by atoms with Crippen LogP contribution in [0.3, 0.4) is 0 Å². The van der Waals surface area contributed by atoms with E-state index in [4.69, 9.17) is 9.47 Å². The van der Waals surface area contributed by atoms with Gasteiger partial charge in [0.05, 0.1) is 18.1 Å². The quantitative estimate of drug-likeness (QED) is 0.795. The second-order valence-corrected chi connectivity index (χ2v) is 9.73. The van der Waals surface area contributed by atoms with Crippen LogP contribution in [-0.2, 0) is 21.2 Å². The molecule has 2 aliphatic heterocycles. The van der Waals surface area contributed by atoms with Gasteiger partial charge >= 0.3 is 0 Å². The fourth-order valence-corrected chi connectivity index (χ4v) is 5.74. The molecule has 2 aromatic rings. The lowest BCUT2D eigenvalue weighted by molar-refractivity contribution is -0.143. The highest BCUT2D eigenvalue weighted by molar-refractivity contribution is 7.91. The molecule has 138 valence electrons. The summed E-state index contributed by atoms with van der Waals surface area (Å²) in [5, 5.41) is 1.94. The smallest absolute Gasteiger partial charge is 0.267 e. The van der Waals surface area contributed by atoms with Gasteiger partial charge in [0.25, 0.3) is 5.91 Å². The van der Waals surface area contributed by atoms with Crippen LogP contribution >= 0.6 is 11.3 Å². The van der Waals surface area contributed by atoms with Gasteiger partial charge in [-0.2, -0.15) is 0 Å². The fraction of sp³-hybridized carbons (Fsp3) is 0.389. The molecule has 1 amide bonds. The number of para-hydroxylation sites is 2. The van der Waals surface area contributed by atoms with E-state index in [0.717, 1.165) is 4.88 Å². The molecule has 0 radical (unpaired) electrons. The van der Waals surface area contributed by atoms with Gasteiger partial charge in [-0.25, -0.2) is 8.42 Å². The van der Waals surface area contributed by atoms with Crippen molar-refractivity contribution < 1.29 is 22.7 Å². The molecule has 2 atom stereocenters. The summed E-state index contributed by atoms with van der Waals surface area (Å²) in [7, 11) is -3.09. The first kappa shape index (κ1) is 17.4. The molecule has 8 heteroatoms. The number of fused-ring (bicyclic) bond motifs is 1. The normalized spacial score (nSPS) is 23.5. The molecule has 0 spiro atoms. The van der Waals surface area contributed by atoms with E-state index >= 15 is 0 Å². The Bertz CT molecular complexity index is 894. The Morgan fingerprint density at radius 1 is 1.19 bits per heavy atom. The van der Waals surface area contributed by atoms with Crippen LogP contribution in [0, 0.1) is 0 Å². The van der Waals surface area contributed by atoms with E-state index in [2.05, 4.69) is 0 Å². The minimum absolute atomic E-state index is 0.00821. The largest absolute Gasteiger partial charge is 0.485 e. The van der Waals surface area contributed by atoms with Crippen molar-refractivity contribution in [2.45, 2.75) is 25.1 Å². The molecule has 3 heterocycles. The topological polar surface area (TPSA) is 72.9 Å². The number of benzene rings is 1. The van der Waals surface area contributed by atoms with Gasteiger partial charge in [-0.3, -0.25) is 4.79 Å². The Morgan fingerprint density at radius 2 is 2.00 bits per heavy atom. The molecule has 26 heavy (non-hydrogen) atoms. The summed E-state index contributed by atoms with van der Waals surface area (Å²) < 4.78 is 35.3. The number of amides is 1. The molecule has 1 fully saturated rings. The number of thiophene rings is 1. The third kappa shape index (κ3) is 3.57. The van der Waals surface area contributed by atoms with Crippen LogP contribution in [0.4, 0.5) is 0 Å². The van der Waals surface area contributed by atoms with Gasteiger partial charge in [0.1, 0.15) is 6.61 Å². The lowest BCUT2D eigenvalue weighted by Crippen LogP contribution is -2.50. The van der Waals surface area contributed by atoms with E-state index < -0.39 is 15.9 Å². The minimum atomic E-state index is -3.09. The van der Waals surface area contributed by atoms with E-state index in [1.165, 1.54) is 0 Å². The third-order valence-electron chi connectivity index (χ3n) is 4.62. The number of ether oxygens (including phenoxy) is 2. The van der Waals surface area contributed by atoms with Crippen molar-refractivity contribution in [3.05, 3.63) is 46.7 Å². The zero-order chi connectivity index (χ0) is 18.1. The summed E-state index contributed by atoms with van der Waals surface area (Å²) >= 11 is 1.55. The third-order valence-corrected chi connectivity index (χ3v) is 7.23. The van der Waals surface area contributed by atoms with Gasteiger partial charge in [0, 0.05) is 10.9 Å². The number of carbonyl (C=O) groups is 1. The van der Waals surface area contributed by atoms with Crippen molar-refractivity contribution in [3.8, 4) is 11.5 Å². The first-order chi connectivity index (χ1) is 12.5. The highest BCUT2D eigenvalue weighted by Crippen LogP contribution is 2.32. The molecular weight excluding hydrogens is 374 g/mol. The monoisotopic (exact) mass is 393 g/mol. The molecule has 1 aromatic carbocycles. The maximum Gasteiger partial charge on any atom is 0.267 e. The Hall–Kier alpha value is -2.06. The minimum Gasteiger partial charge on any atom is -0.485 e. The molecule has 2 aliphatic rings. The highest BCUT2D eigenvalue weighted by Gasteiger charge is 2.39. The van der Waals surface area contributed by atoms with Crippen LogP contribution in [-0.4, -0.2) is 49.5 Å². The van der Waals surface area contributed by atoms with E-state index in [1.807, 2.05) is 29.6 Å². The number of sulfone groups is 1. The van der Waals surface area contributed by atoms with Crippen LogP contribution in [0.15, 0.2) is 41.8 Å². The Morgan fingerprint density at radius 3 is 2.69 bits per heavy atom. The second kappa shape index (κ2) is 6.92. The SMILES string of the molecule is O=C(C1COc2ccccc2O1)N(Cc1cccs1)C1CCS(=O)(=O)C1. The Kier molecular flexibility index (Phi) is 4.62. The summed E-state index contributed by atoms with van der Waals surface area (Å²) in [4.78, 5) is 15.8. The summed E-state index contributed by atoms with van der Waals surface area (Å²) in [6.07, 6.45) is -0.308. The van der Waals surface area contributed by atoms with E-state index in [-0.39, 0.29) is 30.1 Å².